The van der Waals surface area contributed by atoms with Gasteiger partial charge >= 0.3 is 6.03 Å². The van der Waals surface area contributed by atoms with Gasteiger partial charge < -0.3 is 26.1 Å². The van der Waals surface area contributed by atoms with E-state index in [-0.39, 0.29) is 31.0 Å². The third-order valence-electron chi connectivity index (χ3n) is 5.11. The molecule has 8 nitrogen and oxygen atoms in total. The van der Waals surface area contributed by atoms with Crippen LogP contribution in [0.1, 0.15) is 12.8 Å². The third kappa shape index (κ3) is 6.39. The maximum Gasteiger partial charge on any atom is 0.322 e. The Kier molecular flexibility index (Phi) is 8.15. The molecule has 172 valence electrons. The molecule has 10 heteroatoms. The summed E-state index contributed by atoms with van der Waals surface area (Å²) in [7, 11) is 0. The van der Waals surface area contributed by atoms with E-state index in [1.165, 1.54) is 41.6 Å². The minimum atomic E-state index is -0.867. The molecule has 0 unspecified atom stereocenters. The molecule has 3 rings (SSSR count). The Balaban J connectivity index is 1.73. The predicted octanol–water partition coefficient (Wildman–Crippen LogP) is 4.10. The number of hydrogen-bond acceptors (Lipinski definition) is 5. The molecule has 2 atom stereocenters. The number of nitrogens with zero attached hydrogens (tertiary/aromatic N) is 2. The summed E-state index contributed by atoms with van der Waals surface area (Å²) in [6.07, 6.45) is 5.46. The monoisotopic (exact) mass is 471 g/mol. The van der Waals surface area contributed by atoms with E-state index in [4.69, 9.17) is 17.3 Å². The van der Waals surface area contributed by atoms with E-state index in [0.717, 1.165) is 6.29 Å². The molecule has 1 fully saturated rings. The van der Waals surface area contributed by atoms with Gasteiger partial charge in [0.25, 0.3) is 0 Å². The average molecular weight is 472 g/mol. The lowest BCUT2D eigenvalue weighted by molar-refractivity contribution is -0.119. The Morgan fingerprint density at radius 3 is 2.64 bits per heavy atom. The lowest BCUT2D eigenvalue weighted by Gasteiger charge is -2.24. The molecule has 4 N–H and O–H groups in total. The second kappa shape index (κ2) is 11.2. The van der Waals surface area contributed by atoms with Crippen LogP contribution in [0.3, 0.4) is 0 Å². The number of likely N-dealkylation sites (tertiary alicyclic amines) is 1. The summed E-state index contributed by atoms with van der Waals surface area (Å²) in [6.45, 7) is 0.223. The quantitative estimate of drug-likeness (QED) is 0.416. The molecule has 0 aromatic heterocycles. The summed E-state index contributed by atoms with van der Waals surface area (Å²) in [5, 5.41) is 5.78. The van der Waals surface area contributed by atoms with Crippen molar-refractivity contribution in [3.63, 3.8) is 0 Å². The number of anilines is 2. The molecule has 2 aromatic carbocycles. The van der Waals surface area contributed by atoms with E-state index in [1.54, 1.807) is 24.3 Å². The highest BCUT2D eigenvalue weighted by atomic mass is 35.5. The van der Waals surface area contributed by atoms with Gasteiger partial charge in [-0.3, -0.25) is 9.79 Å². The first-order valence-electron chi connectivity index (χ1n) is 10.2. The van der Waals surface area contributed by atoms with Crippen LogP contribution < -0.4 is 16.4 Å². The fraction of sp³-hybridized carbons (Fsp3) is 0.217. The average Bonchev–Trinajstić information content (AvgIpc) is 3.22. The Morgan fingerprint density at radius 1 is 1.21 bits per heavy atom. The van der Waals surface area contributed by atoms with Crippen LogP contribution in [-0.4, -0.2) is 41.9 Å². The van der Waals surface area contributed by atoms with Crippen LogP contribution in [0.25, 0.3) is 0 Å². The van der Waals surface area contributed by atoms with E-state index in [2.05, 4.69) is 15.6 Å². The van der Waals surface area contributed by atoms with Crippen molar-refractivity contribution >= 4 is 53.1 Å². The van der Waals surface area contributed by atoms with Gasteiger partial charge in [0.15, 0.2) is 0 Å². The number of rotatable bonds is 7. The fourth-order valence-electron chi connectivity index (χ4n) is 3.51. The number of benzene rings is 2. The van der Waals surface area contributed by atoms with Crippen molar-refractivity contribution in [1.29, 1.82) is 0 Å². The second-order valence-corrected chi connectivity index (χ2v) is 7.86. The lowest BCUT2D eigenvalue weighted by Crippen LogP contribution is -2.45. The highest BCUT2D eigenvalue weighted by molar-refractivity contribution is 6.30. The van der Waals surface area contributed by atoms with Gasteiger partial charge in [-0.15, -0.1) is 0 Å². The van der Waals surface area contributed by atoms with Gasteiger partial charge in [-0.2, -0.15) is 0 Å². The number of halogens is 2. The molecule has 1 heterocycles. The molecule has 3 amide bonds. The Morgan fingerprint density at radius 2 is 1.97 bits per heavy atom. The smallest absolute Gasteiger partial charge is 0.322 e. The zero-order valence-corrected chi connectivity index (χ0v) is 18.3. The highest BCUT2D eigenvalue weighted by Crippen LogP contribution is 2.28. The van der Waals surface area contributed by atoms with Crippen molar-refractivity contribution in [3.05, 3.63) is 65.6 Å². The minimum Gasteiger partial charge on any atom is -0.405 e. The zero-order chi connectivity index (χ0) is 23.8. The van der Waals surface area contributed by atoms with Gasteiger partial charge in [-0.05, 0) is 61.0 Å². The number of carbonyl (C=O) groups is 3. The zero-order valence-electron chi connectivity index (χ0n) is 17.6. The molecule has 0 spiro atoms. The molecule has 1 aliphatic rings. The third-order valence-corrected chi connectivity index (χ3v) is 5.36. The number of carbonyl (C=O) groups excluding carboxylic acids is 3. The molecule has 0 aliphatic carbocycles. The van der Waals surface area contributed by atoms with Gasteiger partial charge in [0.05, 0.1) is 11.4 Å². The molecule has 1 aliphatic heterocycles. The molecule has 33 heavy (non-hydrogen) atoms. The molecule has 0 saturated carbocycles. The largest absolute Gasteiger partial charge is 0.405 e. The number of aliphatic imine (C=N–C) groups is 1. The topological polar surface area (TPSA) is 117 Å². The SMILES string of the molecule is NC=CC=Nc1ccc(NC(=O)[C@H]2C[C@@H](CC=O)CN2C(=O)Nc2ccc(Cl)cc2)c(F)c1. The van der Waals surface area contributed by atoms with E-state index in [1.807, 2.05) is 0 Å². The second-order valence-electron chi connectivity index (χ2n) is 7.43. The fourth-order valence-corrected chi connectivity index (χ4v) is 3.64. The summed E-state index contributed by atoms with van der Waals surface area (Å²) in [6, 6.07) is 9.26. The van der Waals surface area contributed by atoms with Gasteiger partial charge in [0.1, 0.15) is 18.1 Å². The van der Waals surface area contributed by atoms with Crippen molar-refractivity contribution in [2.75, 3.05) is 17.2 Å². The Labute approximate surface area is 195 Å². The maximum atomic E-state index is 14.5. The van der Waals surface area contributed by atoms with Crippen LogP contribution in [0.2, 0.25) is 5.02 Å². The van der Waals surface area contributed by atoms with E-state index in [0.29, 0.717) is 16.4 Å². The van der Waals surface area contributed by atoms with E-state index in [9.17, 15) is 18.8 Å². The summed E-state index contributed by atoms with van der Waals surface area (Å²) in [4.78, 5) is 42.2. The number of nitrogens with two attached hydrogens (primary N) is 1. The van der Waals surface area contributed by atoms with Crippen molar-refractivity contribution in [2.45, 2.75) is 18.9 Å². The van der Waals surface area contributed by atoms with Gasteiger partial charge in [0, 0.05) is 36.0 Å². The number of allylic oxidation sites excluding steroid dienone is 1. The van der Waals surface area contributed by atoms with Crippen molar-refractivity contribution in [1.82, 2.24) is 4.90 Å². The number of urea groups is 1. The number of nitrogens with one attached hydrogen (secondary N) is 2. The summed E-state index contributed by atoms with van der Waals surface area (Å²) < 4.78 is 14.5. The first-order chi connectivity index (χ1) is 15.9. The lowest BCUT2D eigenvalue weighted by atomic mass is 10.0. The standard InChI is InChI=1S/C23H23ClFN5O3/c24-16-2-4-17(5-3-16)28-23(33)30-14-15(8-11-31)12-21(30)22(32)29-20-7-6-18(13-19(20)25)27-10-1-9-26/h1-7,9-11,13,15,21H,8,12,14,26H2,(H,28,33)(H,29,32)/t15-,21-/m1/s1. The predicted molar refractivity (Wildman–Crippen MR) is 126 cm³/mol. The van der Waals surface area contributed by atoms with Crippen molar-refractivity contribution < 1.29 is 18.8 Å². The number of hydrogen-bond donors (Lipinski definition) is 3. The van der Waals surface area contributed by atoms with Crippen LogP contribution in [-0.2, 0) is 9.59 Å². The van der Waals surface area contributed by atoms with E-state index < -0.39 is 23.8 Å². The van der Waals surface area contributed by atoms with Crippen LogP contribution in [0, 0.1) is 11.7 Å². The van der Waals surface area contributed by atoms with Gasteiger partial charge in [-0.1, -0.05) is 11.6 Å². The minimum absolute atomic E-state index is 0.0368. The van der Waals surface area contributed by atoms with Gasteiger partial charge in [0.2, 0.25) is 5.91 Å². The molecule has 0 bridgehead atoms. The molecule has 2 aromatic rings. The Hall–Kier alpha value is -3.72. The highest BCUT2D eigenvalue weighted by Gasteiger charge is 2.39. The van der Waals surface area contributed by atoms with Crippen LogP contribution >= 0.6 is 11.6 Å². The van der Waals surface area contributed by atoms with Crippen molar-refractivity contribution in [2.24, 2.45) is 16.6 Å². The Bertz CT molecular complexity index is 1070. The van der Waals surface area contributed by atoms with Crippen LogP contribution in [0.15, 0.2) is 59.7 Å². The molecular weight excluding hydrogens is 449 g/mol. The van der Waals surface area contributed by atoms with Gasteiger partial charge in [-0.25, -0.2) is 9.18 Å². The van der Waals surface area contributed by atoms with Crippen molar-refractivity contribution in [3.8, 4) is 0 Å². The first kappa shape index (κ1) is 23.9. The summed E-state index contributed by atoms with van der Waals surface area (Å²) in [5.74, 6) is -1.39. The summed E-state index contributed by atoms with van der Waals surface area (Å²) >= 11 is 5.87. The van der Waals surface area contributed by atoms with Crippen LogP contribution in [0.5, 0.6) is 0 Å². The molecular formula is C23H23ClFN5O3. The molecule has 1 saturated heterocycles. The maximum absolute atomic E-state index is 14.5. The summed E-state index contributed by atoms with van der Waals surface area (Å²) in [5.41, 5.74) is 6.04. The molecule has 0 radical (unpaired) electrons. The van der Waals surface area contributed by atoms with Crippen LogP contribution in [0.4, 0.5) is 26.2 Å². The number of amides is 3. The van der Waals surface area contributed by atoms with E-state index >= 15 is 0 Å². The number of aldehydes is 1. The normalized spacial score (nSPS) is 18.1. The first-order valence-corrected chi connectivity index (χ1v) is 10.6.